The molecule has 2 rings (SSSR count). The molecule has 2 heteroatoms. The molecule has 31 heavy (non-hydrogen) atoms. The zero-order valence-corrected chi connectivity index (χ0v) is 21.2. The van der Waals surface area contributed by atoms with Crippen molar-refractivity contribution >= 4 is 5.97 Å². The van der Waals surface area contributed by atoms with Crippen LogP contribution < -0.4 is 0 Å². The molecule has 0 N–H and O–H groups in total. The maximum Gasteiger partial charge on any atom is 0.309 e. The van der Waals surface area contributed by atoms with Gasteiger partial charge < -0.3 is 4.74 Å². The number of cyclic esters (lactones) is 1. The summed E-state index contributed by atoms with van der Waals surface area (Å²) in [6.07, 6.45) is 28.4. The van der Waals surface area contributed by atoms with E-state index in [1.807, 2.05) is 0 Å². The molecule has 0 aromatic heterocycles. The van der Waals surface area contributed by atoms with Crippen molar-refractivity contribution in [3.63, 3.8) is 0 Å². The quantitative estimate of drug-likeness (QED) is 0.213. The van der Waals surface area contributed by atoms with Crippen LogP contribution in [0.1, 0.15) is 149 Å². The van der Waals surface area contributed by atoms with E-state index in [1.165, 1.54) is 128 Å². The Morgan fingerprint density at radius 1 is 0.710 bits per heavy atom. The number of carbonyl (C=O) groups excluding carboxylic acids is 1. The fourth-order valence-electron chi connectivity index (χ4n) is 5.74. The van der Waals surface area contributed by atoms with Crippen LogP contribution in [0.5, 0.6) is 0 Å². The Morgan fingerprint density at radius 2 is 1.23 bits per heavy atom. The van der Waals surface area contributed by atoms with Crippen molar-refractivity contribution < 1.29 is 9.53 Å². The van der Waals surface area contributed by atoms with Gasteiger partial charge in [-0.2, -0.15) is 0 Å². The molecule has 3 unspecified atom stereocenters. The minimum atomic E-state index is 0.139. The molecule has 1 aliphatic carbocycles. The van der Waals surface area contributed by atoms with Crippen molar-refractivity contribution in [1.82, 2.24) is 0 Å². The van der Waals surface area contributed by atoms with E-state index in [4.69, 9.17) is 4.74 Å². The largest absolute Gasteiger partial charge is 0.465 e. The number of unbranched alkanes of at least 4 members (excludes halogenated alkanes) is 9. The number of hydrogen-bond donors (Lipinski definition) is 0. The average molecular weight is 435 g/mol. The standard InChI is InChI=1S/C29H54O2/c1-25(2)21-17-13-9-5-3-4-6-10-14-18-22-26-27-23-19-15-11-7-8-12-16-20-24-31-29(30)28(26)27/h25-28H,3-24H2,1-2H3. The second kappa shape index (κ2) is 17.0. The van der Waals surface area contributed by atoms with E-state index in [0.717, 1.165) is 12.3 Å². The van der Waals surface area contributed by atoms with Gasteiger partial charge in [-0.25, -0.2) is 0 Å². The van der Waals surface area contributed by atoms with Gasteiger partial charge in [-0.05, 0) is 37.0 Å². The van der Waals surface area contributed by atoms with Crippen LogP contribution in [-0.2, 0) is 9.53 Å². The van der Waals surface area contributed by atoms with Gasteiger partial charge in [-0.15, -0.1) is 0 Å². The predicted octanol–water partition coefficient (Wildman–Crippen LogP) is 9.25. The Hall–Kier alpha value is -0.530. The Morgan fingerprint density at radius 3 is 1.84 bits per heavy atom. The van der Waals surface area contributed by atoms with Crippen LogP contribution in [0.15, 0.2) is 0 Å². The first-order chi connectivity index (χ1) is 15.2. The molecule has 1 saturated carbocycles. The van der Waals surface area contributed by atoms with Gasteiger partial charge in [0.2, 0.25) is 0 Å². The van der Waals surface area contributed by atoms with Crippen LogP contribution >= 0.6 is 0 Å². The molecule has 3 atom stereocenters. The van der Waals surface area contributed by atoms with Gasteiger partial charge in [-0.3, -0.25) is 4.79 Å². The van der Waals surface area contributed by atoms with Crippen molar-refractivity contribution in [3.8, 4) is 0 Å². The molecule has 1 saturated heterocycles. The van der Waals surface area contributed by atoms with Crippen LogP contribution in [0.4, 0.5) is 0 Å². The SMILES string of the molecule is CC(C)CCCCCCCCCCCCC1C2CCCCCCCCCCOC(=O)C12. The number of hydrogen-bond acceptors (Lipinski definition) is 2. The highest BCUT2D eigenvalue weighted by Gasteiger charge is 2.54. The topological polar surface area (TPSA) is 26.3 Å². The highest BCUT2D eigenvalue weighted by molar-refractivity contribution is 5.76. The summed E-state index contributed by atoms with van der Waals surface area (Å²) in [7, 11) is 0. The van der Waals surface area contributed by atoms with Crippen molar-refractivity contribution in [3.05, 3.63) is 0 Å². The zero-order chi connectivity index (χ0) is 22.2. The first-order valence-corrected chi connectivity index (χ1v) is 14.4. The van der Waals surface area contributed by atoms with E-state index in [1.54, 1.807) is 0 Å². The molecule has 182 valence electrons. The van der Waals surface area contributed by atoms with E-state index < -0.39 is 0 Å². The van der Waals surface area contributed by atoms with E-state index in [0.29, 0.717) is 18.4 Å². The van der Waals surface area contributed by atoms with Crippen molar-refractivity contribution in [2.45, 2.75) is 149 Å². The Labute approximate surface area is 194 Å². The Kier molecular flexibility index (Phi) is 14.7. The van der Waals surface area contributed by atoms with Gasteiger partial charge >= 0.3 is 5.97 Å². The van der Waals surface area contributed by atoms with Gasteiger partial charge in [0.1, 0.15) is 0 Å². The summed E-state index contributed by atoms with van der Waals surface area (Å²) in [5.74, 6) is 2.55. The fraction of sp³-hybridized carbons (Fsp3) is 0.966. The summed E-state index contributed by atoms with van der Waals surface area (Å²) in [5.41, 5.74) is 0. The zero-order valence-electron chi connectivity index (χ0n) is 21.2. The second-order valence-electron chi connectivity index (χ2n) is 11.1. The van der Waals surface area contributed by atoms with Crippen LogP contribution in [0.25, 0.3) is 0 Å². The third-order valence-electron chi connectivity index (χ3n) is 7.85. The number of carbonyl (C=O) groups is 1. The molecule has 0 amide bonds. The van der Waals surface area contributed by atoms with Gasteiger partial charge in [0.05, 0.1) is 12.5 Å². The van der Waals surface area contributed by atoms with Crippen molar-refractivity contribution in [2.75, 3.05) is 6.61 Å². The van der Waals surface area contributed by atoms with Gasteiger partial charge in [-0.1, -0.05) is 129 Å². The molecular weight excluding hydrogens is 380 g/mol. The van der Waals surface area contributed by atoms with E-state index in [-0.39, 0.29) is 11.9 Å². The molecule has 1 heterocycles. The summed E-state index contributed by atoms with van der Waals surface area (Å²) in [6.45, 7) is 5.32. The maximum atomic E-state index is 12.5. The second-order valence-corrected chi connectivity index (χ2v) is 11.1. The van der Waals surface area contributed by atoms with E-state index in [9.17, 15) is 4.79 Å². The molecule has 2 nitrogen and oxygen atoms in total. The first-order valence-electron chi connectivity index (χ1n) is 14.4. The normalized spacial score (nSPS) is 25.6. The smallest absolute Gasteiger partial charge is 0.309 e. The van der Waals surface area contributed by atoms with Gasteiger partial charge in [0, 0.05) is 0 Å². The maximum absolute atomic E-state index is 12.5. The fourth-order valence-corrected chi connectivity index (χ4v) is 5.74. The van der Waals surface area contributed by atoms with Crippen LogP contribution in [0, 0.1) is 23.7 Å². The summed E-state index contributed by atoms with van der Waals surface area (Å²) in [4.78, 5) is 12.5. The summed E-state index contributed by atoms with van der Waals surface area (Å²) < 4.78 is 5.65. The molecule has 2 aliphatic rings. The lowest BCUT2D eigenvalue weighted by Crippen LogP contribution is -2.10. The highest BCUT2D eigenvalue weighted by atomic mass is 16.5. The highest BCUT2D eigenvalue weighted by Crippen LogP contribution is 2.53. The van der Waals surface area contributed by atoms with E-state index in [2.05, 4.69) is 13.8 Å². The third-order valence-corrected chi connectivity index (χ3v) is 7.85. The number of rotatable bonds is 13. The molecule has 0 aromatic rings. The van der Waals surface area contributed by atoms with Crippen LogP contribution in [0.2, 0.25) is 0 Å². The summed E-state index contributed by atoms with van der Waals surface area (Å²) in [6, 6.07) is 0. The lowest BCUT2D eigenvalue weighted by molar-refractivity contribution is -0.146. The van der Waals surface area contributed by atoms with Crippen molar-refractivity contribution in [1.29, 1.82) is 0 Å². The number of fused-ring (bicyclic) bond motifs is 1. The van der Waals surface area contributed by atoms with Crippen LogP contribution in [-0.4, -0.2) is 12.6 Å². The minimum Gasteiger partial charge on any atom is -0.465 e. The molecule has 0 spiro atoms. The monoisotopic (exact) mass is 434 g/mol. The van der Waals surface area contributed by atoms with Crippen molar-refractivity contribution in [2.24, 2.45) is 23.7 Å². The lowest BCUT2D eigenvalue weighted by Gasteiger charge is -2.06. The average Bonchev–Trinajstić information content (AvgIpc) is 3.44. The molecule has 0 aromatic carbocycles. The predicted molar refractivity (Wildman–Crippen MR) is 133 cm³/mol. The lowest BCUT2D eigenvalue weighted by atomic mass is 10.0. The molecule has 2 fully saturated rings. The molecule has 0 bridgehead atoms. The number of esters is 1. The summed E-state index contributed by atoms with van der Waals surface area (Å²) >= 11 is 0. The summed E-state index contributed by atoms with van der Waals surface area (Å²) in [5, 5.41) is 0. The van der Waals surface area contributed by atoms with Crippen LogP contribution in [0.3, 0.4) is 0 Å². The third kappa shape index (κ3) is 12.3. The van der Waals surface area contributed by atoms with Gasteiger partial charge in [0.15, 0.2) is 0 Å². The number of ether oxygens (including phenoxy) is 1. The molecule has 0 radical (unpaired) electrons. The minimum absolute atomic E-state index is 0.139. The van der Waals surface area contributed by atoms with E-state index >= 15 is 0 Å². The Balaban J connectivity index is 1.49. The Bertz CT molecular complexity index is 444. The first kappa shape index (κ1) is 26.7. The molecular formula is C29H54O2. The van der Waals surface area contributed by atoms with Gasteiger partial charge in [0.25, 0.3) is 0 Å². The molecule has 1 aliphatic heterocycles.